The van der Waals surface area contributed by atoms with Crippen molar-refractivity contribution in [3.8, 4) is 11.4 Å². The van der Waals surface area contributed by atoms with Gasteiger partial charge in [0.05, 0.1) is 12.3 Å². The molecule has 3 N–H and O–H groups in total. The minimum absolute atomic E-state index is 0.0959. The van der Waals surface area contributed by atoms with E-state index in [-0.39, 0.29) is 22.8 Å². The maximum atomic E-state index is 10.8. The SMILES string of the molecule is O=C(O)c1cn[nH]c1-c1cc([N+](=O)[O-])[nH]n1. The lowest BCUT2D eigenvalue weighted by Gasteiger charge is -1.91. The van der Waals surface area contributed by atoms with Crippen LogP contribution in [-0.2, 0) is 0 Å². The van der Waals surface area contributed by atoms with E-state index < -0.39 is 10.9 Å². The molecule has 0 aromatic carbocycles. The summed E-state index contributed by atoms with van der Waals surface area (Å²) in [5.74, 6) is -1.50. The number of aromatic nitrogens is 4. The van der Waals surface area contributed by atoms with E-state index in [4.69, 9.17) is 5.11 Å². The van der Waals surface area contributed by atoms with E-state index in [2.05, 4.69) is 20.4 Å². The lowest BCUT2D eigenvalue weighted by atomic mass is 10.2. The Balaban J connectivity index is 2.46. The number of H-pyrrole nitrogens is 2. The molecule has 0 saturated heterocycles. The number of aromatic amines is 2. The zero-order valence-corrected chi connectivity index (χ0v) is 7.67. The molecule has 0 unspecified atom stereocenters. The van der Waals surface area contributed by atoms with E-state index in [0.717, 1.165) is 12.3 Å². The van der Waals surface area contributed by atoms with Crippen molar-refractivity contribution in [2.24, 2.45) is 0 Å². The number of nitrogens with one attached hydrogen (secondary N) is 2. The molecule has 2 rings (SSSR count). The van der Waals surface area contributed by atoms with Crippen LogP contribution in [0.4, 0.5) is 5.82 Å². The van der Waals surface area contributed by atoms with Crippen LogP contribution in [0.2, 0.25) is 0 Å². The molecule has 0 aliphatic heterocycles. The molecule has 9 nitrogen and oxygen atoms in total. The molecule has 0 saturated carbocycles. The second-order valence-corrected chi connectivity index (χ2v) is 2.86. The van der Waals surface area contributed by atoms with Gasteiger partial charge in [0.25, 0.3) is 0 Å². The fourth-order valence-electron chi connectivity index (χ4n) is 1.18. The molecule has 2 heterocycles. The molecule has 16 heavy (non-hydrogen) atoms. The van der Waals surface area contributed by atoms with Gasteiger partial charge in [0, 0.05) is 0 Å². The minimum Gasteiger partial charge on any atom is -0.478 e. The summed E-state index contributed by atoms with van der Waals surface area (Å²) in [6.07, 6.45) is 1.11. The number of carbonyl (C=O) groups is 1. The maximum absolute atomic E-state index is 10.8. The van der Waals surface area contributed by atoms with Crippen molar-refractivity contribution >= 4 is 11.8 Å². The van der Waals surface area contributed by atoms with Crippen molar-refractivity contribution in [1.29, 1.82) is 0 Å². The number of carboxylic acid groups (broad SMARTS) is 1. The van der Waals surface area contributed by atoms with Crippen molar-refractivity contribution in [1.82, 2.24) is 20.4 Å². The molecule has 0 radical (unpaired) electrons. The first-order chi connectivity index (χ1) is 7.59. The normalized spacial score (nSPS) is 10.2. The van der Waals surface area contributed by atoms with Gasteiger partial charge < -0.3 is 15.2 Å². The molecule has 82 valence electrons. The highest BCUT2D eigenvalue weighted by atomic mass is 16.6. The second-order valence-electron chi connectivity index (χ2n) is 2.86. The van der Waals surface area contributed by atoms with Gasteiger partial charge in [-0.2, -0.15) is 5.10 Å². The van der Waals surface area contributed by atoms with Gasteiger partial charge in [-0.3, -0.25) is 5.10 Å². The summed E-state index contributed by atoms with van der Waals surface area (Å²) in [5, 5.41) is 31.0. The molecule has 0 aliphatic rings. The largest absolute Gasteiger partial charge is 0.478 e. The van der Waals surface area contributed by atoms with Crippen molar-refractivity contribution in [2.45, 2.75) is 0 Å². The highest BCUT2D eigenvalue weighted by molar-refractivity contribution is 5.94. The van der Waals surface area contributed by atoms with Gasteiger partial charge in [0.15, 0.2) is 0 Å². The number of nitrogens with zero attached hydrogens (tertiary/aromatic N) is 3. The topological polar surface area (TPSA) is 138 Å². The fourth-order valence-corrected chi connectivity index (χ4v) is 1.18. The predicted octanol–water partition coefficient (Wildman–Crippen LogP) is 0.406. The Hall–Kier alpha value is -2.71. The summed E-state index contributed by atoms with van der Waals surface area (Å²) in [7, 11) is 0. The number of nitro groups is 1. The maximum Gasteiger partial charge on any atom is 0.343 e. The molecule has 0 bridgehead atoms. The average Bonchev–Trinajstić information content (AvgIpc) is 2.86. The van der Waals surface area contributed by atoms with Crippen LogP contribution in [-0.4, -0.2) is 36.4 Å². The number of carboxylic acids is 1. The Bertz CT molecular complexity index is 557. The molecule has 0 aliphatic carbocycles. The van der Waals surface area contributed by atoms with Crippen LogP contribution in [0.3, 0.4) is 0 Å². The van der Waals surface area contributed by atoms with E-state index in [1.807, 2.05) is 0 Å². The number of rotatable bonds is 3. The zero-order chi connectivity index (χ0) is 11.7. The van der Waals surface area contributed by atoms with Crippen molar-refractivity contribution < 1.29 is 14.8 Å². The molecule has 0 amide bonds. The molecule has 9 heteroatoms. The minimum atomic E-state index is -1.19. The van der Waals surface area contributed by atoms with Crippen LogP contribution >= 0.6 is 0 Å². The third-order valence-electron chi connectivity index (χ3n) is 1.89. The van der Waals surface area contributed by atoms with Crippen LogP contribution in [0, 0.1) is 10.1 Å². The predicted molar refractivity (Wildman–Crippen MR) is 49.8 cm³/mol. The van der Waals surface area contributed by atoms with Gasteiger partial charge in [-0.1, -0.05) is 5.10 Å². The third-order valence-corrected chi connectivity index (χ3v) is 1.89. The summed E-state index contributed by atoms with van der Waals surface area (Å²) in [6.45, 7) is 0. The molecule has 2 aromatic rings. The summed E-state index contributed by atoms with van der Waals surface area (Å²) in [6, 6.07) is 1.12. The van der Waals surface area contributed by atoms with Crippen LogP contribution in [0.15, 0.2) is 12.3 Å². The number of hydrogen-bond donors (Lipinski definition) is 3. The van der Waals surface area contributed by atoms with Gasteiger partial charge in [-0.15, -0.1) is 5.10 Å². The van der Waals surface area contributed by atoms with Gasteiger partial charge in [0.1, 0.15) is 17.0 Å². The lowest BCUT2D eigenvalue weighted by molar-refractivity contribution is -0.389. The molecular weight excluding hydrogens is 218 g/mol. The molecular formula is C7H5N5O4. The fraction of sp³-hybridized carbons (Fsp3) is 0. The molecule has 0 fully saturated rings. The summed E-state index contributed by atoms with van der Waals surface area (Å²) in [4.78, 5) is 20.5. The molecule has 0 atom stereocenters. The lowest BCUT2D eigenvalue weighted by Crippen LogP contribution is -1.96. The first-order valence-electron chi connectivity index (χ1n) is 4.06. The van der Waals surface area contributed by atoms with E-state index >= 15 is 0 Å². The van der Waals surface area contributed by atoms with Crippen molar-refractivity contribution in [3.63, 3.8) is 0 Å². The van der Waals surface area contributed by atoms with E-state index in [1.54, 1.807) is 0 Å². The smallest absolute Gasteiger partial charge is 0.343 e. The molecule has 2 aromatic heterocycles. The first kappa shape index (κ1) is 9.83. The monoisotopic (exact) mass is 223 g/mol. The van der Waals surface area contributed by atoms with E-state index in [1.165, 1.54) is 0 Å². The number of hydrogen-bond acceptors (Lipinski definition) is 5. The highest BCUT2D eigenvalue weighted by Gasteiger charge is 2.19. The third kappa shape index (κ3) is 1.49. The Labute approximate surface area is 87.3 Å². The van der Waals surface area contributed by atoms with Crippen LogP contribution in [0.1, 0.15) is 10.4 Å². The number of aromatic carboxylic acids is 1. The Morgan fingerprint density at radius 1 is 1.50 bits per heavy atom. The summed E-state index contributed by atoms with van der Waals surface area (Å²) in [5.41, 5.74) is 0.153. The van der Waals surface area contributed by atoms with E-state index in [9.17, 15) is 14.9 Å². The summed E-state index contributed by atoms with van der Waals surface area (Å²) < 4.78 is 0. The molecule has 0 spiro atoms. The average molecular weight is 223 g/mol. The van der Waals surface area contributed by atoms with Crippen molar-refractivity contribution in [3.05, 3.63) is 27.9 Å². The summed E-state index contributed by atoms with van der Waals surface area (Å²) >= 11 is 0. The van der Waals surface area contributed by atoms with Crippen molar-refractivity contribution in [2.75, 3.05) is 0 Å². The Kier molecular flexibility index (Phi) is 2.12. The van der Waals surface area contributed by atoms with Gasteiger partial charge in [0.2, 0.25) is 0 Å². The van der Waals surface area contributed by atoms with E-state index in [0.29, 0.717) is 0 Å². The first-order valence-corrected chi connectivity index (χ1v) is 4.06. The van der Waals surface area contributed by atoms with Gasteiger partial charge in [-0.25, -0.2) is 4.79 Å². The standard InChI is InChI=1S/C7H5N5O4/c13-7(14)3-2-8-11-6(3)4-1-5(10-9-4)12(15)16/h1-2H,(H,8,11)(H,9,10)(H,13,14). The van der Waals surface area contributed by atoms with Gasteiger partial charge >= 0.3 is 11.8 Å². The van der Waals surface area contributed by atoms with Gasteiger partial charge in [-0.05, 0) is 4.92 Å². The quantitative estimate of drug-likeness (QED) is 0.508. The Morgan fingerprint density at radius 2 is 2.25 bits per heavy atom. The highest BCUT2D eigenvalue weighted by Crippen LogP contribution is 2.21. The van der Waals surface area contributed by atoms with Crippen LogP contribution in [0.5, 0.6) is 0 Å². The van der Waals surface area contributed by atoms with Crippen LogP contribution < -0.4 is 0 Å². The zero-order valence-electron chi connectivity index (χ0n) is 7.67. The second kappa shape index (κ2) is 3.46. The Morgan fingerprint density at radius 3 is 2.81 bits per heavy atom. The van der Waals surface area contributed by atoms with Crippen LogP contribution in [0.25, 0.3) is 11.4 Å².